The standard InChI is InChI=1S/C20H19N3O4/c1-3-27-18-11-7-6-10-17(18)22-13-14(12-21)19(24)23-16-9-5-4-8-15(16)20(25)26-2/h4-11,13,22H,3H2,1-2H3,(H,23,24)/b14-13-. The molecule has 7 nitrogen and oxygen atoms in total. The number of carbonyl (C=O) groups excluding carboxylic acids is 2. The molecule has 2 aromatic carbocycles. The van der Waals surface area contributed by atoms with Gasteiger partial charge in [-0.3, -0.25) is 4.79 Å². The number of esters is 1. The van der Waals surface area contributed by atoms with E-state index in [0.29, 0.717) is 18.0 Å². The Balaban J connectivity index is 2.19. The first-order valence-corrected chi connectivity index (χ1v) is 8.18. The summed E-state index contributed by atoms with van der Waals surface area (Å²) < 4.78 is 10.2. The fourth-order valence-corrected chi connectivity index (χ4v) is 2.24. The Morgan fingerprint density at radius 1 is 1.11 bits per heavy atom. The predicted octanol–water partition coefficient (Wildman–Crippen LogP) is 3.33. The molecule has 0 atom stereocenters. The van der Waals surface area contributed by atoms with E-state index in [-0.39, 0.29) is 16.8 Å². The van der Waals surface area contributed by atoms with E-state index in [1.54, 1.807) is 36.4 Å². The SMILES string of the molecule is CCOc1ccccc1N/C=C(/C#N)C(=O)Nc1ccccc1C(=O)OC. The van der Waals surface area contributed by atoms with E-state index in [1.807, 2.05) is 19.1 Å². The molecule has 138 valence electrons. The Bertz CT molecular complexity index is 900. The highest BCUT2D eigenvalue weighted by atomic mass is 16.5. The van der Waals surface area contributed by atoms with Crippen LogP contribution in [0.5, 0.6) is 5.75 Å². The molecule has 0 unspecified atom stereocenters. The molecule has 1 amide bonds. The lowest BCUT2D eigenvalue weighted by molar-refractivity contribution is -0.112. The van der Waals surface area contributed by atoms with Crippen LogP contribution in [0.3, 0.4) is 0 Å². The fraction of sp³-hybridized carbons (Fsp3) is 0.150. The average molecular weight is 365 g/mol. The molecule has 0 aliphatic heterocycles. The zero-order valence-corrected chi connectivity index (χ0v) is 15.0. The number of para-hydroxylation sites is 3. The summed E-state index contributed by atoms with van der Waals surface area (Å²) in [7, 11) is 1.25. The van der Waals surface area contributed by atoms with Crippen LogP contribution in [0.1, 0.15) is 17.3 Å². The van der Waals surface area contributed by atoms with E-state index in [4.69, 9.17) is 9.47 Å². The molecular formula is C20H19N3O4. The molecule has 2 N–H and O–H groups in total. The van der Waals surface area contributed by atoms with Gasteiger partial charge in [-0.05, 0) is 31.2 Å². The van der Waals surface area contributed by atoms with Crippen LogP contribution in [0.4, 0.5) is 11.4 Å². The molecule has 0 fully saturated rings. The maximum atomic E-state index is 12.4. The van der Waals surface area contributed by atoms with Crippen molar-refractivity contribution in [1.82, 2.24) is 0 Å². The average Bonchev–Trinajstić information content (AvgIpc) is 2.69. The molecular weight excluding hydrogens is 346 g/mol. The van der Waals surface area contributed by atoms with Crippen LogP contribution in [0, 0.1) is 11.3 Å². The molecule has 0 spiro atoms. The van der Waals surface area contributed by atoms with Gasteiger partial charge in [0.15, 0.2) is 0 Å². The number of nitrogens with zero attached hydrogens (tertiary/aromatic N) is 1. The third-order valence-corrected chi connectivity index (χ3v) is 3.50. The van der Waals surface area contributed by atoms with Crippen molar-refractivity contribution in [3.63, 3.8) is 0 Å². The van der Waals surface area contributed by atoms with Crippen LogP contribution in [0.15, 0.2) is 60.3 Å². The van der Waals surface area contributed by atoms with Gasteiger partial charge in [-0.1, -0.05) is 24.3 Å². The number of ether oxygens (including phenoxy) is 2. The molecule has 0 saturated heterocycles. The smallest absolute Gasteiger partial charge is 0.339 e. The Labute approximate surface area is 157 Å². The van der Waals surface area contributed by atoms with Gasteiger partial charge in [0.25, 0.3) is 5.91 Å². The molecule has 27 heavy (non-hydrogen) atoms. The minimum atomic E-state index is -0.657. The molecule has 7 heteroatoms. The molecule has 2 aromatic rings. The maximum Gasteiger partial charge on any atom is 0.339 e. The number of carbonyl (C=O) groups is 2. The second kappa shape index (κ2) is 9.63. The summed E-state index contributed by atoms with van der Waals surface area (Å²) in [5.41, 5.74) is 0.904. The van der Waals surface area contributed by atoms with Gasteiger partial charge in [0.2, 0.25) is 0 Å². The van der Waals surface area contributed by atoms with Crippen LogP contribution < -0.4 is 15.4 Å². The lowest BCUT2D eigenvalue weighted by atomic mass is 10.1. The molecule has 0 radical (unpaired) electrons. The Hall–Kier alpha value is -3.79. The minimum Gasteiger partial charge on any atom is -0.492 e. The van der Waals surface area contributed by atoms with Gasteiger partial charge in [-0.25, -0.2) is 4.79 Å². The van der Waals surface area contributed by atoms with Crippen LogP contribution in [0.2, 0.25) is 0 Å². The largest absolute Gasteiger partial charge is 0.492 e. The summed E-state index contributed by atoms with van der Waals surface area (Å²) in [5.74, 6) is -0.641. The summed E-state index contributed by atoms with van der Waals surface area (Å²) in [6.07, 6.45) is 1.29. The Morgan fingerprint density at radius 2 is 1.78 bits per heavy atom. The van der Waals surface area contributed by atoms with Gasteiger partial charge in [-0.2, -0.15) is 5.26 Å². The predicted molar refractivity (Wildman–Crippen MR) is 101 cm³/mol. The molecule has 0 aliphatic rings. The quantitative estimate of drug-likeness (QED) is 0.443. The number of hydrogen-bond donors (Lipinski definition) is 2. The van der Waals surface area contributed by atoms with Crippen molar-refractivity contribution < 1.29 is 19.1 Å². The van der Waals surface area contributed by atoms with Crippen LogP contribution in [0.25, 0.3) is 0 Å². The number of hydrogen-bond acceptors (Lipinski definition) is 6. The van der Waals surface area contributed by atoms with Crippen LogP contribution in [-0.2, 0) is 9.53 Å². The third kappa shape index (κ3) is 5.09. The number of methoxy groups -OCH3 is 1. The van der Waals surface area contributed by atoms with E-state index in [2.05, 4.69) is 10.6 Å². The third-order valence-electron chi connectivity index (χ3n) is 3.50. The summed E-state index contributed by atoms with van der Waals surface area (Å²) in [5, 5.41) is 14.8. The van der Waals surface area contributed by atoms with Gasteiger partial charge < -0.3 is 20.1 Å². The van der Waals surface area contributed by atoms with Crippen LogP contribution in [-0.4, -0.2) is 25.6 Å². The second-order valence-corrected chi connectivity index (χ2v) is 5.23. The second-order valence-electron chi connectivity index (χ2n) is 5.23. The highest BCUT2D eigenvalue weighted by molar-refractivity contribution is 6.09. The Kier molecular flexibility index (Phi) is 6.97. The highest BCUT2D eigenvalue weighted by Gasteiger charge is 2.16. The van der Waals surface area contributed by atoms with E-state index < -0.39 is 11.9 Å². The van der Waals surface area contributed by atoms with E-state index in [1.165, 1.54) is 19.4 Å². The van der Waals surface area contributed by atoms with E-state index in [9.17, 15) is 14.9 Å². The van der Waals surface area contributed by atoms with Crippen molar-refractivity contribution >= 4 is 23.3 Å². The normalized spacial score (nSPS) is 10.5. The first kappa shape index (κ1) is 19.5. The summed E-state index contributed by atoms with van der Waals surface area (Å²) in [6, 6.07) is 15.4. The number of benzene rings is 2. The van der Waals surface area contributed by atoms with Crippen molar-refractivity contribution in [2.45, 2.75) is 6.92 Å². The van der Waals surface area contributed by atoms with Gasteiger partial charge in [0, 0.05) is 6.20 Å². The number of amides is 1. The summed E-state index contributed by atoms with van der Waals surface area (Å²) >= 11 is 0. The number of rotatable bonds is 7. The van der Waals surface area contributed by atoms with E-state index in [0.717, 1.165) is 0 Å². The van der Waals surface area contributed by atoms with E-state index >= 15 is 0 Å². The van der Waals surface area contributed by atoms with Crippen molar-refractivity contribution in [2.24, 2.45) is 0 Å². The lowest BCUT2D eigenvalue weighted by Crippen LogP contribution is -2.17. The van der Waals surface area contributed by atoms with Crippen molar-refractivity contribution in [3.8, 4) is 11.8 Å². The first-order chi connectivity index (χ1) is 13.1. The number of nitriles is 1. The van der Waals surface area contributed by atoms with Gasteiger partial charge in [-0.15, -0.1) is 0 Å². The minimum absolute atomic E-state index is 0.166. The van der Waals surface area contributed by atoms with Crippen LogP contribution >= 0.6 is 0 Å². The Morgan fingerprint density at radius 3 is 2.44 bits per heavy atom. The van der Waals surface area contributed by atoms with Gasteiger partial charge >= 0.3 is 5.97 Å². The van der Waals surface area contributed by atoms with Crippen molar-refractivity contribution in [3.05, 3.63) is 65.9 Å². The first-order valence-electron chi connectivity index (χ1n) is 8.18. The lowest BCUT2D eigenvalue weighted by Gasteiger charge is -2.11. The number of nitrogens with one attached hydrogen (secondary N) is 2. The zero-order chi connectivity index (χ0) is 19.6. The fourth-order valence-electron chi connectivity index (χ4n) is 2.24. The summed E-state index contributed by atoms with van der Waals surface area (Å²) in [4.78, 5) is 24.2. The molecule has 0 bridgehead atoms. The zero-order valence-electron chi connectivity index (χ0n) is 15.0. The maximum absolute atomic E-state index is 12.4. The molecule has 0 saturated carbocycles. The summed E-state index contributed by atoms with van der Waals surface area (Å²) in [6.45, 7) is 2.35. The molecule has 2 rings (SSSR count). The van der Waals surface area contributed by atoms with Crippen molar-refractivity contribution in [1.29, 1.82) is 5.26 Å². The van der Waals surface area contributed by atoms with Crippen molar-refractivity contribution in [2.75, 3.05) is 24.4 Å². The molecule has 0 heterocycles. The number of anilines is 2. The highest BCUT2D eigenvalue weighted by Crippen LogP contribution is 2.24. The monoisotopic (exact) mass is 365 g/mol. The topological polar surface area (TPSA) is 100 Å². The van der Waals surface area contributed by atoms with Gasteiger partial charge in [0.1, 0.15) is 17.4 Å². The molecule has 0 aliphatic carbocycles. The van der Waals surface area contributed by atoms with Gasteiger partial charge in [0.05, 0.1) is 30.7 Å². The molecule has 0 aromatic heterocycles.